The molecule has 0 N–H and O–H groups in total. The maximum Gasteiger partial charge on any atom is 0.260 e. The first-order valence-electron chi connectivity index (χ1n) is 13.0. The molecular formula is C29H38N2O5. The number of hydrogen-bond donors (Lipinski definition) is 0. The van der Waals surface area contributed by atoms with E-state index in [-0.39, 0.29) is 25.0 Å². The topological polar surface area (TPSA) is 68.3 Å². The number of aryl methyl sites for hydroxylation is 3. The monoisotopic (exact) mass is 494 g/mol. The van der Waals surface area contributed by atoms with E-state index in [0.717, 1.165) is 41.9 Å². The van der Waals surface area contributed by atoms with Crippen molar-refractivity contribution >= 4 is 11.8 Å². The van der Waals surface area contributed by atoms with Crippen LogP contribution in [0.1, 0.15) is 42.9 Å². The van der Waals surface area contributed by atoms with E-state index in [4.69, 9.17) is 14.2 Å². The third-order valence-electron chi connectivity index (χ3n) is 7.21. The lowest BCUT2D eigenvalue weighted by Gasteiger charge is -2.44. The second-order valence-electron chi connectivity index (χ2n) is 9.72. The molecule has 2 aromatic carbocycles. The Labute approximate surface area is 214 Å². The minimum absolute atomic E-state index is 0.0575. The molecule has 2 aliphatic heterocycles. The first-order chi connectivity index (χ1) is 17.4. The van der Waals surface area contributed by atoms with Crippen LogP contribution in [-0.4, -0.2) is 73.2 Å². The summed E-state index contributed by atoms with van der Waals surface area (Å²) in [6.07, 6.45) is 3.18. The minimum Gasteiger partial charge on any atom is -0.491 e. The zero-order valence-corrected chi connectivity index (χ0v) is 21.8. The van der Waals surface area contributed by atoms with Gasteiger partial charge in [-0.25, -0.2) is 0 Å². The molecule has 4 rings (SSSR count). The van der Waals surface area contributed by atoms with Gasteiger partial charge >= 0.3 is 0 Å². The highest BCUT2D eigenvalue weighted by Gasteiger charge is 2.46. The van der Waals surface area contributed by atoms with Gasteiger partial charge in [0.25, 0.3) is 11.8 Å². The zero-order chi connectivity index (χ0) is 25.5. The summed E-state index contributed by atoms with van der Waals surface area (Å²) < 4.78 is 18.2. The van der Waals surface area contributed by atoms with Gasteiger partial charge in [-0.15, -0.1) is 0 Å². The summed E-state index contributed by atoms with van der Waals surface area (Å²) >= 11 is 0. The lowest BCUT2D eigenvalue weighted by atomic mass is 9.91. The van der Waals surface area contributed by atoms with Gasteiger partial charge in [-0.2, -0.15) is 0 Å². The van der Waals surface area contributed by atoms with E-state index in [1.54, 1.807) is 9.80 Å². The van der Waals surface area contributed by atoms with Gasteiger partial charge in [0.05, 0.1) is 19.7 Å². The zero-order valence-electron chi connectivity index (χ0n) is 21.8. The van der Waals surface area contributed by atoms with Crippen molar-refractivity contribution in [1.82, 2.24) is 9.80 Å². The average molecular weight is 495 g/mol. The first-order valence-corrected chi connectivity index (χ1v) is 13.0. The van der Waals surface area contributed by atoms with E-state index in [1.165, 1.54) is 5.56 Å². The number of ether oxygens (including phenoxy) is 3. The highest BCUT2D eigenvalue weighted by molar-refractivity contribution is 5.87. The number of nitrogens with zero attached hydrogens (tertiary/aromatic N) is 2. The van der Waals surface area contributed by atoms with Gasteiger partial charge in [-0.1, -0.05) is 36.4 Å². The minimum atomic E-state index is -1.04. The third kappa shape index (κ3) is 5.84. The number of hydrogen-bond acceptors (Lipinski definition) is 5. The fourth-order valence-electron chi connectivity index (χ4n) is 5.17. The van der Waals surface area contributed by atoms with Crippen LogP contribution in [0.5, 0.6) is 11.5 Å². The van der Waals surface area contributed by atoms with Crippen molar-refractivity contribution < 1.29 is 23.8 Å². The average Bonchev–Trinajstić information content (AvgIpc) is 2.88. The summed E-state index contributed by atoms with van der Waals surface area (Å²) in [5.74, 6) is 1.45. The fraction of sp³-hybridized carbons (Fsp3) is 0.517. The first kappa shape index (κ1) is 26.0. The summed E-state index contributed by atoms with van der Waals surface area (Å²) in [5.41, 5.74) is 2.14. The number of benzene rings is 2. The van der Waals surface area contributed by atoms with Crippen LogP contribution in [0.2, 0.25) is 0 Å². The molecule has 7 heteroatoms. The molecular weight excluding hydrogens is 456 g/mol. The Bertz CT molecular complexity index is 1050. The Morgan fingerprint density at radius 2 is 1.81 bits per heavy atom. The maximum atomic E-state index is 13.8. The van der Waals surface area contributed by atoms with E-state index in [9.17, 15) is 9.59 Å². The molecule has 2 heterocycles. The summed E-state index contributed by atoms with van der Waals surface area (Å²) in [5, 5.41) is 0. The summed E-state index contributed by atoms with van der Waals surface area (Å²) in [7, 11) is 0. The number of likely N-dealkylation sites (N-methyl/N-ethyl adjacent to an activating group) is 1. The molecule has 0 radical (unpaired) electrons. The van der Waals surface area contributed by atoms with Gasteiger partial charge in [0, 0.05) is 13.1 Å². The summed E-state index contributed by atoms with van der Waals surface area (Å²) in [6, 6.07) is 14.0. The van der Waals surface area contributed by atoms with E-state index in [0.29, 0.717) is 39.3 Å². The Hall–Kier alpha value is -3.06. The quantitative estimate of drug-likeness (QED) is 0.644. The van der Waals surface area contributed by atoms with Gasteiger partial charge < -0.3 is 24.0 Å². The van der Waals surface area contributed by atoms with Crippen molar-refractivity contribution in [3.05, 3.63) is 59.2 Å². The Kier molecular flexibility index (Phi) is 8.52. The van der Waals surface area contributed by atoms with Crippen LogP contribution in [0.4, 0.5) is 0 Å². The second kappa shape index (κ2) is 11.8. The van der Waals surface area contributed by atoms with Gasteiger partial charge in [0.15, 0.2) is 12.2 Å². The molecule has 0 saturated carbocycles. The number of rotatable bonds is 4. The van der Waals surface area contributed by atoms with Crippen molar-refractivity contribution in [2.24, 2.45) is 0 Å². The summed E-state index contributed by atoms with van der Waals surface area (Å²) in [4.78, 5) is 30.6. The molecule has 0 aliphatic carbocycles. The Balaban J connectivity index is 1.48. The maximum absolute atomic E-state index is 13.8. The smallest absolute Gasteiger partial charge is 0.260 e. The molecule has 36 heavy (non-hydrogen) atoms. The van der Waals surface area contributed by atoms with Gasteiger partial charge in [0.2, 0.25) is 0 Å². The third-order valence-corrected chi connectivity index (χ3v) is 7.21. The summed E-state index contributed by atoms with van der Waals surface area (Å²) in [6.45, 7) is 8.33. The van der Waals surface area contributed by atoms with Crippen LogP contribution in [-0.2, 0) is 20.7 Å². The lowest BCUT2D eigenvalue weighted by molar-refractivity contribution is -0.177. The van der Waals surface area contributed by atoms with Crippen LogP contribution in [0.25, 0.3) is 0 Å². The van der Waals surface area contributed by atoms with Crippen molar-refractivity contribution in [2.45, 2.75) is 52.1 Å². The van der Waals surface area contributed by atoms with E-state index in [1.807, 2.05) is 57.2 Å². The van der Waals surface area contributed by atoms with Crippen molar-refractivity contribution in [2.75, 3.05) is 46.0 Å². The van der Waals surface area contributed by atoms with Crippen molar-refractivity contribution in [3.63, 3.8) is 0 Å². The van der Waals surface area contributed by atoms with Gasteiger partial charge in [-0.05, 0) is 69.2 Å². The predicted octanol–water partition coefficient (Wildman–Crippen LogP) is 3.93. The normalized spacial score (nSPS) is 21.2. The molecule has 2 aromatic rings. The van der Waals surface area contributed by atoms with E-state index in [2.05, 4.69) is 6.07 Å². The molecule has 1 spiro atoms. The molecule has 194 valence electrons. The van der Waals surface area contributed by atoms with Crippen LogP contribution >= 0.6 is 0 Å². The van der Waals surface area contributed by atoms with Crippen LogP contribution in [0.15, 0.2) is 42.5 Å². The van der Waals surface area contributed by atoms with Gasteiger partial charge in [0.1, 0.15) is 18.1 Å². The molecule has 1 fully saturated rings. The van der Waals surface area contributed by atoms with E-state index < -0.39 is 5.60 Å². The van der Waals surface area contributed by atoms with Crippen LogP contribution < -0.4 is 9.47 Å². The standard InChI is InChI=1S/C29H38N2O5/c1-4-30-16-18-34-25-14-6-5-12-24(25)13-7-8-15-29(28(30)33)21-31(17-19-36-29)26(32)20-35-27-22(2)10-9-11-23(27)3/h5-6,9-12,14H,4,7-8,13,15-21H2,1-3H3. The lowest BCUT2D eigenvalue weighted by Crippen LogP contribution is -2.62. The number of fused-ring (bicyclic) bond motifs is 1. The molecule has 2 amide bonds. The van der Waals surface area contributed by atoms with Crippen molar-refractivity contribution in [3.8, 4) is 11.5 Å². The highest BCUT2D eigenvalue weighted by atomic mass is 16.5. The number of amides is 2. The van der Waals surface area contributed by atoms with Crippen LogP contribution in [0.3, 0.4) is 0 Å². The SMILES string of the molecule is CCN1CCOc2ccccc2CCCCC2(CN(C(=O)COc3c(C)cccc3C)CCO2)C1=O. The van der Waals surface area contributed by atoms with E-state index >= 15 is 0 Å². The fourth-order valence-corrected chi connectivity index (χ4v) is 5.17. The number of para-hydroxylation sites is 2. The van der Waals surface area contributed by atoms with Crippen molar-refractivity contribution in [1.29, 1.82) is 0 Å². The molecule has 2 aliphatic rings. The highest BCUT2D eigenvalue weighted by Crippen LogP contribution is 2.30. The Morgan fingerprint density at radius 1 is 1.03 bits per heavy atom. The Morgan fingerprint density at radius 3 is 2.58 bits per heavy atom. The molecule has 0 bridgehead atoms. The number of morpholine rings is 1. The molecule has 1 unspecified atom stereocenters. The number of carbonyl (C=O) groups is 2. The molecule has 7 nitrogen and oxygen atoms in total. The van der Waals surface area contributed by atoms with Crippen LogP contribution in [0, 0.1) is 13.8 Å². The molecule has 0 aromatic heterocycles. The largest absolute Gasteiger partial charge is 0.491 e. The second-order valence-corrected chi connectivity index (χ2v) is 9.72. The van der Waals surface area contributed by atoms with Gasteiger partial charge in [-0.3, -0.25) is 9.59 Å². The number of carbonyl (C=O) groups excluding carboxylic acids is 2. The molecule has 1 atom stereocenters. The predicted molar refractivity (Wildman–Crippen MR) is 138 cm³/mol. The molecule has 1 saturated heterocycles.